The van der Waals surface area contributed by atoms with Crippen molar-refractivity contribution < 1.29 is 38.7 Å². The molecule has 0 aliphatic heterocycles. The molecule has 0 bridgehead atoms. The maximum absolute atomic E-state index is 11.8. The SMILES string of the molecule is CCOC(=O)[C@H](O)[C@@H](O)c1ccc(OCOCCOC)cc1OCc1ccccc1. The van der Waals surface area contributed by atoms with Gasteiger partial charge in [-0.2, -0.15) is 0 Å². The summed E-state index contributed by atoms with van der Waals surface area (Å²) in [5.74, 6) is -0.202. The number of carbonyl (C=O) groups is 1. The molecule has 0 aliphatic carbocycles. The zero-order valence-corrected chi connectivity index (χ0v) is 17.2. The highest BCUT2D eigenvalue weighted by atomic mass is 16.7. The van der Waals surface area contributed by atoms with Crippen LogP contribution >= 0.6 is 0 Å². The summed E-state index contributed by atoms with van der Waals surface area (Å²) >= 11 is 0. The Balaban J connectivity index is 2.15. The number of methoxy groups -OCH3 is 1. The summed E-state index contributed by atoms with van der Waals surface area (Å²) in [5, 5.41) is 20.6. The maximum Gasteiger partial charge on any atom is 0.338 e. The Bertz CT molecular complexity index is 765. The van der Waals surface area contributed by atoms with Crippen LogP contribution in [0.1, 0.15) is 24.2 Å². The van der Waals surface area contributed by atoms with E-state index in [9.17, 15) is 15.0 Å². The number of benzene rings is 2. The Morgan fingerprint density at radius 1 is 1.03 bits per heavy atom. The van der Waals surface area contributed by atoms with Gasteiger partial charge in [-0.25, -0.2) is 4.79 Å². The molecule has 0 saturated carbocycles. The van der Waals surface area contributed by atoms with Crippen molar-refractivity contribution in [1.82, 2.24) is 0 Å². The summed E-state index contributed by atoms with van der Waals surface area (Å²) in [6, 6.07) is 14.1. The van der Waals surface area contributed by atoms with Crippen LogP contribution in [0.3, 0.4) is 0 Å². The van der Waals surface area contributed by atoms with Gasteiger partial charge in [0.1, 0.15) is 24.2 Å². The molecule has 164 valence electrons. The number of hydrogen-bond acceptors (Lipinski definition) is 8. The van der Waals surface area contributed by atoms with Crippen molar-refractivity contribution in [3.8, 4) is 11.5 Å². The van der Waals surface area contributed by atoms with Crippen LogP contribution in [0.2, 0.25) is 0 Å². The van der Waals surface area contributed by atoms with Gasteiger partial charge in [0.05, 0.1) is 19.8 Å². The lowest BCUT2D eigenvalue weighted by Crippen LogP contribution is -2.30. The molecule has 0 heterocycles. The Morgan fingerprint density at radius 2 is 1.80 bits per heavy atom. The van der Waals surface area contributed by atoms with Gasteiger partial charge >= 0.3 is 5.97 Å². The van der Waals surface area contributed by atoms with E-state index in [1.54, 1.807) is 26.2 Å². The first-order valence-corrected chi connectivity index (χ1v) is 9.59. The lowest BCUT2D eigenvalue weighted by atomic mass is 10.0. The number of carbonyl (C=O) groups excluding carboxylic acids is 1. The number of rotatable bonds is 13. The molecule has 0 radical (unpaired) electrons. The Kier molecular flexibility index (Phi) is 10.1. The summed E-state index contributed by atoms with van der Waals surface area (Å²) in [6.07, 6.45) is -3.27. The topological polar surface area (TPSA) is 104 Å². The molecular formula is C22H28O8. The van der Waals surface area contributed by atoms with Crippen LogP contribution in [0.4, 0.5) is 0 Å². The zero-order chi connectivity index (χ0) is 21.8. The molecule has 0 unspecified atom stereocenters. The van der Waals surface area contributed by atoms with Crippen molar-refractivity contribution in [2.24, 2.45) is 0 Å². The summed E-state index contributed by atoms with van der Waals surface area (Å²) < 4.78 is 26.4. The second-order valence-electron chi connectivity index (χ2n) is 6.28. The monoisotopic (exact) mass is 420 g/mol. The minimum absolute atomic E-state index is 0.00877. The quantitative estimate of drug-likeness (QED) is 0.289. The molecule has 8 heteroatoms. The third kappa shape index (κ3) is 7.31. The molecule has 30 heavy (non-hydrogen) atoms. The molecule has 8 nitrogen and oxygen atoms in total. The first-order valence-electron chi connectivity index (χ1n) is 9.59. The third-order valence-electron chi connectivity index (χ3n) is 4.11. The second kappa shape index (κ2) is 12.8. The molecule has 0 spiro atoms. The summed E-state index contributed by atoms with van der Waals surface area (Å²) in [6.45, 7) is 2.78. The maximum atomic E-state index is 11.8. The number of aliphatic hydroxyl groups is 2. The van der Waals surface area contributed by atoms with Crippen LogP contribution in [0.25, 0.3) is 0 Å². The second-order valence-corrected chi connectivity index (χ2v) is 6.28. The highest BCUT2D eigenvalue weighted by molar-refractivity contribution is 5.75. The molecule has 2 atom stereocenters. The van der Waals surface area contributed by atoms with E-state index in [2.05, 4.69) is 0 Å². The van der Waals surface area contributed by atoms with Crippen molar-refractivity contribution in [3.63, 3.8) is 0 Å². The number of esters is 1. The minimum Gasteiger partial charge on any atom is -0.488 e. The smallest absolute Gasteiger partial charge is 0.338 e. The van der Waals surface area contributed by atoms with Gasteiger partial charge in [0.25, 0.3) is 0 Å². The Morgan fingerprint density at radius 3 is 2.50 bits per heavy atom. The molecule has 2 aromatic carbocycles. The van der Waals surface area contributed by atoms with E-state index < -0.39 is 18.2 Å². The van der Waals surface area contributed by atoms with E-state index in [-0.39, 0.29) is 31.3 Å². The van der Waals surface area contributed by atoms with Gasteiger partial charge in [-0.3, -0.25) is 0 Å². The van der Waals surface area contributed by atoms with Crippen molar-refractivity contribution in [1.29, 1.82) is 0 Å². The van der Waals surface area contributed by atoms with Crippen LogP contribution < -0.4 is 9.47 Å². The average Bonchev–Trinajstić information content (AvgIpc) is 2.77. The van der Waals surface area contributed by atoms with Gasteiger partial charge < -0.3 is 33.9 Å². The fourth-order valence-corrected chi connectivity index (χ4v) is 2.55. The van der Waals surface area contributed by atoms with Crippen molar-refractivity contribution in [3.05, 3.63) is 59.7 Å². The van der Waals surface area contributed by atoms with E-state index >= 15 is 0 Å². The highest BCUT2D eigenvalue weighted by Crippen LogP contribution is 2.32. The summed E-state index contributed by atoms with van der Waals surface area (Å²) in [4.78, 5) is 11.8. The van der Waals surface area contributed by atoms with Crippen LogP contribution in [0.5, 0.6) is 11.5 Å². The standard InChI is InChI=1S/C22H28O8/c1-3-28-22(25)21(24)20(23)18-10-9-17(30-15-27-12-11-26-2)13-19(18)29-14-16-7-5-4-6-8-16/h4-10,13,20-21,23-24H,3,11-12,14-15H2,1-2H3/t20-,21+/m0/s1. The van der Waals surface area contributed by atoms with Crippen molar-refractivity contribution in [2.45, 2.75) is 25.7 Å². The van der Waals surface area contributed by atoms with E-state index in [1.807, 2.05) is 30.3 Å². The van der Waals surface area contributed by atoms with Gasteiger partial charge in [-0.1, -0.05) is 30.3 Å². The molecule has 2 aromatic rings. The van der Waals surface area contributed by atoms with Gasteiger partial charge in [0.2, 0.25) is 0 Å². The van der Waals surface area contributed by atoms with E-state index in [4.69, 9.17) is 23.7 Å². The predicted octanol–water partition coefficient (Wildman–Crippen LogP) is 2.22. The molecule has 0 fully saturated rings. The molecular weight excluding hydrogens is 392 g/mol. The van der Waals surface area contributed by atoms with Gasteiger partial charge in [-0.15, -0.1) is 0 Å². The van der Waals surface area contributed by atoms with E-state index in [0.29, 0.717) is 19.0 Å². The van der Waals surface area contributed by atoms with Crippen molar-refractivity contribution in [2.75, 3.05) is 33.7 Å². The van der Waals surface area contributed by atoms with Crippen LogP contribution in [-0.2, 0) is 25.6 Å². The average molecular weight is 420 g/mol. The fraction of sp³-hybridized carbons (Fsp3) is 0.409. The molecule has 2 N–H and O–H groups in total. The van der Waals surface area contributed by atoms with E-state index in [0.717, 1.165) is 5.56 Å². The molecule has 2 rings (SSSR count). The minimum atomic E-state index is -1.74. The van der Waals surface area contributed by atoms with Gasteiger partial charge in [-0.05, 0) is 24.6 Å². The molecule has 0 saturated heterocycles. The lowest BCUT2D eigenvalue weighted by Gasteiger charge is -2.20. The van der Waals surface area contributed by atoms with Crippen LogP contribution in [-0.4, -0.2) is 56.0 Å². The highest BCUT2D eigenvalue weighted by Gasteiger charge is 2.29. The third-order valence-corrected chi connectivity index (χ3v) is 4.11. The van der Waals surface area contributed by atoms with Crippen LogP contribution in [0, 0.1) is 0 Å². The summed E-state index contributed by atoms with van der Waals surface area (Å²) in [7, 11) is 1.58. The molecule has 0 aromatic heterocycles. The van der Waals surface area contributed by atoms with Gasteiger partial charge in [0.15, 0.2) is 12.9 Å². The van der Waals surface area contributed by atoms with Crippen molar-refractivity contribution >= 4 is 5.97 Å². The normalized spacial score (nSPS) is 12.8. The van der Waals surface area contributed by atoms with E-state index in [1.165, 1.54) is 6.07 Å². The number of ether oxygens (including phenoxy) is 5. The largest absolute Gasteiger partial charge is 0.488 e. The zero-order valence-electron chi connectivity index (χ0n) is 17.2. The Hall–Kier alpha value is -2.65. The molecule has 0 amide bonds. The lowest BCUT2D eigenvalue weighted by molar-refractivity contribution is -0.159. The summed E-state index contributed by atoms with van der Waals surface area (Å²) in [5.41, 5.74) is 1.15. The number of aliphatic hydroxyl groups excluding tert-OH is 2. The molecule has 0 aliphatic rings. The number of hydrogen-bond donors (Lipinski definition) is 2. The fourth-order valence-electron chi connectivity index (χ4n) is 2.55. The van der Waals surface area contributed by atoms with Crippen LogP contribution in [0.15, 0.2) is 48.5 Å². The van der Waals surface area contributed by atoms with Gasteiger partial charge in [0, 0.05) is 18.7 Å². The Labute approximate surface area is 175 Å². The predicted molar refractivity (Wildman–Crippen MR) is 108 cm³/mol. The first-order chi connectivity index (χ1) is 14.6. The first kappa shape index (κ1) is 23.6.